The van der Waals surface area contributed by atoms with Crippen LogP contribution in [0.2, 0.25) is 0 Å². The number of ether oxygens (including phenoxy) is 1. The fourth-order valence-electron chi connectivity index (χ4n) is 3.05. The van der Waals surface area contributed by atoms with E-state index in [4.69, 9.17) is 4.74 Å². The molecule has 3 rings (SSSR count). The third kappa shape index (κ3) is 5.35. The van der Waals surface area contributed by atoms with Gasteiger partial charge in [0.05, 0.1) is 27.2 Å². The lowest BCUT2D eigenvalue weighted by Gasteiger charge is -2.20. The number of aryl methyl sites for hydroxylation is 1. The minimum Gasteiger partial charge on any atom is -0.497 e. The number of thiazole rings is 1. The zero-order chi connectivity index (χ0) is 21.9. The number of nitrogens with one attached hydrogen (secondary N) is 2. The first-order valence-corrected chi connectivity index (χ1v) is 11.8. The molecule has 3 aromatic rings. The summed E-state index contributed by atoms with van der Waals surface area (Å²) in [5.41, 5.74) is 1.29. The van der Waals surface area contributed by atoms with Gasteiger partial charge in [-0.1, -0.05) is 19.9 Å². The van der Waals surface area contributed by atoms with Crippen molar-refractivity contribution >= 4 is 43.2 Å². The Hall–Kier alpha value is -2.49. The van der Waals surface area contributed by atoms with Gasteiger partial charge >= 0.3 is 0 Å². The van der Waals surface area contributed by atoms with E-state index >= 15 is 0 Å². The molecule has 0 aliphatic carbocycles. The van der Waals surface area contributed by atoms with Crippen molar-refractivity contribution in [1.82, 2.24) is 9.71 Å². The number of hydrogen-bond acceptors (Lipinski definition) is 6. The number of carbonyl (C=O) groups is 1. The number of sulfonamides is 1. The van der Waals surface area contributed by atoms with Crippen molar-refractivity contribution in [3.8, 4) is 5.75 Å². The van der Waals surface area contributed by atoms with Crippen LogP contribution in [-0.2, 0) is 14.8 Å². The molecule has 0 aliphatic rings. The first kappa shape index (κ1) is 22.2. The number of anilines is 1. The molecule has 0 bridgehead atoms. The number of aromatic nitrogens is 1. The van der Waals surface area contributed by atoms with Gasteiger partial charge < -0.3 is 10.1 Å². The van der Waals surface area contributed by atoms with Gasteiger partial charge in [-0.05, 0) is 49.6 Å². The van der Waals surface area contributed by atoms with Crippen LogP contribution in [0.25, 0.3) is 10.2 Å². The highest BCUT2D eigenvalue weighted by Gasteiger charge is 2.27. The quantitative estimate of drug-likeness (QED) is 0.545. The first-order chi connectivity index (χ1) is 14.2. The standard InChI is InChI=1S/C21H25N3O4S2/c1-13(2)10-19(21(25)23-15-6-5-7-16(11-15)28-4)24-30(26,27)17-8-9-18-20(12-17)29-14(3)22-18/h5-9,11-13,19,24H,10H2,1-4H3,(H,23,25). The van der Waals surface area contributed by atoms with Crippen LogP contribution in [0.3, 0.4) is 0 Å². The predicted molar refractivity (Wildman–Crippen MR) is 120 cm³/mol. The monoisotopic (exact) mass is 447 g/mol. The summed E-state index contributed by atoms with van der Waals surface area (Å²) in [6.07, 6.45) is 0.358. The number of fused-ring (bicyclic) bond motifs is 1. The molecule has 1 unspecified atom stereocenters. The molecule has 2 N–H and O–H groups in total. The molecule has 1 heterocycles. The van der Waals surface area contributed by atoms with Gasteiger partial charge in [-0.2, -0.15) is 4.72 Å². The average Bonchev–Trinajstić information content (AvgIpc) is 3.06. The molecule has 2 aromatic carbocycles. The van der Waals surface area contributed by atoms with E-state index in [0.717, 1.165) is 15.2 Å². The molecule has 30 heavy (non-hydrogen) atoms. The Morgan fingerprint density at radius 1 is 1.20 bits per heavy atom. The molecule has 1 amide bonds. The van der Waals surface area contributed by atoms with E-state index in [1.807, 2.05) is 20.8 Å². The summed E-state index contributed by atoms with van der Waals surface area (Å²) in [4.78, 5) is 17.4. The highest BCUT2D eigenvalue weighted by atomic mass is 32.2. The van der Waals surface area contributed by atoms with Gasteiger partial charge in [0, 0.05) is 11.8 Å². The Labute approximate surface area is 180 Å². The minimum absolute atomic E-state index is 0.111. The van der Waals surface area contributed by atoms with E-state index in [2.05, 4.69) is 15.0 Å². The van der Waals surface area contributed by atoms with Crippen molar-refractivity contribution in [2.75, 3.05) is 12.4 Å². The molecule has 0 saturated carbocycles. The van der Waals surface area contributed by atoms with Crippen molar-refractivity contribution in [3.05, 3.63) is 47.5 Å². The topological polar surface area (TPSA) is 97.4 Å². The van der Waals surface area contributed by atoms with Crippen LogP contribution in [0.4, 0.5) is 5.69 Å². The number of carbonyl (C=O) groups excluding carboxylic acids is 1. The Bertz CT molecular complexity index is 1160. The number of benzene rings is 2. The van der Waals surface area contributed by atoms with Gasteiger partial charge in [-0.3, -0.25) is 4.79 Å². The Kier molecular flexibility index (Phi) is 6.74. The minimum atomic E-state index is -3.89. The number of rotatable bonds is 8. The van der Waals surface area contributed by atoms with Crippen molar-refractivity contribution in [2.45, 2.75) is 38.1 Å². The van der Waals surface area contributed by atoms with Gasteiger partial charge in [-0.25, -0.2) is 13.4 Å². The number of amides is 1. The highest BCUT2D eigenvalue weighted by Crippen LogP contribution is 2.25. The lowest BCUT2D eigenvalue weighted by atomic mass is 10.0. The predicted octanol–water partition coefficient (Wildman–Crippen LogP) is 3.95. The fourth-order valence-corrected chi connectivity index (χ4v) is 5.23. The lowest BCUT2D eigenvalue weighted by molar-refractivity contribution is -0.118. The molecule has 1 aromatic heterocycles. The van der Waals surface area contributed by atoms with Crippen LogP contribution in [-0.4, -0.2) is 32.5 Å². The van der Waals surface area contributed by atoms with Crippen molar-refractivity contribution in [2.24, 2.45) is 5.92 Å². The van der Waals surface area contributed by atoms with Gasteiger partial charge in [0.15, 0.2) is 0 Å². The van der Waals surface area contributed by atoms with Crippen LogP contribution >= 0.6 is 11.3 Å². The molecular formula is C21H25N3O4S2. The van der Waals surface area contributed by atoms with Crippen LogP contribution in [0.1, 0.15) is 25.3 Å². The molecular weight excluding hydrogens is 422 g/mol. The largest absolute Gasteiger partial charge is 0.497 e. The molecule has 7 nitrogen and oxygen atoms in total. The molecule has 1 atom stereocenters. The molecule has 0 aliphatic heterocycles. The van der Waals surface area contributed by atoms with Crippen LogP contribution < -0.4 is 14.8 Å². The van der Waals surface area contributed by atoms with E-state index in [-0.39, 0.29) is 10.8 Å². The van der Waals surface area contributed by atoms with Crippen molar-refractivity contribution in [3.63, 3.8) is 0 Å². The lowest BCUT2D eigenvalue weighted by Crippen LogP contribution is -2.44. The summed E-state index contributed by atoms with van der Waals surface area (Å²) < 4.78 is 34.5. The average molecular weight is 448 g/mol. The summed E-state index contributed by atoms with van der Waals surface area (Å²) in [7, 11) is -2.35. The summed E-state index contributed by atoms with van der Waals surface area (Å²) in [6.45, 7) is 5.75. The Balaban J connectivity index is 1.83. The number of methoxy groups -OCH3 is 1. The van der Waals surface area contributed by atoms with E-state index in [1.165, 1.54) is 24.5 Å². The number of nitrogens with zero attached hydrogens (tertiary/aromatic N) is 1. The summed E-state index contributed by atoms with van der Waals surface area (Å²) in [6, 6.07) is 10.8. The second kappa shape index (κ2) is 9.11. The highest BCUT2D eigenvalue weighted by molar-refractivity contribution is 7.89. The van der Waals surface area contributed by atoms with E-state index in [1.54, 1.807) is 36.4 Å². The van der Waals surface area contributed by atoms with E-state index in [9.17, 15) is 13.2 Å². The summed E-state index contributed by atoms with van der Waals surface area (Å²) in [5, 5.41) is 3.64. The number of hydrogen-bond donors (Lipinski definition) is 2. The van der Waals surface area contributed by atoms with E-state index in [0.29, 0.717) is 17.9 Å². The Morgan fingerprint density at radius 2 is 1.97 bits per heavy atom. The molecule has 160 valence electrons. The van der Waals surface area contributed by atoms with Gasteiger partial charge in [0.2, 0.25) is 15.9 Å². The summed E-state index contributed by atoms with van der Waals surface area (Å²) >= 11 is 1.43. The molecule has 9 heteroatoms. The van der Waals surface area contributed by atoms with Gasteiger partial charge in [-0.15, -0.1) is 11.3 Å². The molecule has 0 saturated heterocycles. The maximum Gasteiger partial charge on any atom is 0.242 e. The maximum atomic E-state index is 13.0. The zero-order valence-electron chi connectivity index (χ0n) is 17.3. The first-order valence-electron chi connectivity index (χ1n) is 9.52. The third-order valence-electron chi connectivity index (χ3n) is 4.44. The van der Waals surface area contributed by atoms with E-state index < -0.39 is 22.0 Å². The summed E-state index contributed by atoms with van der Waals surface area (Å²) in [5.74, 6) is 0.289. The SMILES string of the molecule is COc1cccc(NC(=O)C(CC(C)C)NS(=O)(=O)c2ccc3nc(C)sc3c2)c1. The zero-order valence-corrected chi connectivity index (χ0v) is 18.9. The van der Waals surface area contributed by atoms with Crippen LogP contribution in [0, 0.1) is 12.8 Å². The molecule has 0 radical (unpaired) electrons. The normalized spacial score (nSPS) is 12.8. The van der Waals surface area contributed by atoms with Crippen molar-refractivity contribution in [1.29, 1.82) is 0 Å². The van der Waals surface area contributed by atoms with Crippen LogP contribution in [0.5, 0.6) is 5.75 Å². The second-order valence-corrected chi connectivity index (χ2v) is 10.3. The second-order valence-electron chi connectivity index (χ2n) is 7.39. The maximum absolute atomic E-state index is 13.0. The van der Waals surface area contributed by atoms with Crippen molar-refractivity contribution < 1.29 is 17.9 Å². The fraction of sp³-hybridized carbons (Fsp3) is 0.333. The smallest absolute Gasteiger partial charge is 0.242 e. The molecule has 0 fully saturated rings. The van der Waals surface area contributed by atoms with Gasteiger partial charge in [0.1, 0.15) is 11.8 Å². The third-order valence-corrected chi connectivity index (χ3v) is 6.84. The van der Waals surface area contributed by atoms with Gasteiger partial charge in [0.25, 0.3) is 0 Å². The van der Waals surface area contributed by atoms with Crippen LogP contribution in [0.15, 0.2) is 47.4 Å². The molecule has 0 spiro atoms. The Morgan fingerprint density at radius 3 is 2.67 bits per heavy atom.